The standard InChI is InChI=1S/C23H23N3O5/c1-14-6-4-5-7-19(14)25-22(27)20(17-8-10-18(11-9-17)26(29)30)21(23(25)28)24-12-15(2)31-16(3)13-24/h4-11,15-16H,12-13H2,1-3H3. The molecule has 0 radical (unpaired) electrons. The Kier molecular flexibility index (Phi) is 5.32. The molecule has 2 unspecified atom stereocenters. The number of hydrogen-bond donors (Lipinski definition) is 0. The van der Waals surface area contributed by atoms with Crippen LogP contribution >= 0.6 is 0 Å². The van der Waals surface area contributed by atoms with E-state index in [-0.39, 0.29) is 23.5 Å². The highest BCUT2D eigenvalue weighted by molar-refractivity contribution is 6.45. The predicted octanol–water partition coefficient (Wildman–Crippen LogP) is 3.30. The van der Waals surface area contributed by atoms with E-state index in [1.54, 1.807) is 12.1 Å². The third-order valence-corrected chi connectivity index (χ3v) is 5.52. The van der Waals surface area contributed by atoms with E-state index in [0.717, 1.165) is 5.56 Å². The van der Waals surface area contributed by atoms with Crippen LogP contribution < -0.4 is 4.90 Å². The molecule has 4 rings (SSSR count). The molecule has 2 aliphatic heterocycles. The summed E-state index contributed by atoms with van der Waals surface area (Å²) in [5, 5.41) is 11.1. The number of carbonyl (C=O) groups excluding carboxylic acids is 2. The fourth-order valence-corrected chi connectivity index (χ4v) is 4.22. The number of morpholine rings is 1. The smallest absolute Gasteiger partial charge is 0.282 e. The summed E-state index contributed by atoms with van der Waals surface area (Å²) in [6, 6.07) is 13.0. The van der Waals surface area contributed by atoms with Crippen LogP contribution in [0.15, 0.2) is 54.2 Å². The SMILES string of the molecule is Cc1ccccc1N1C(=O)C(c2ccc([N+](=O)[O-])cc2)=C(N2CC(C)OC(C)C2)C1=O. The summed E-state index contributed by atoms with van der Waals surface area (Å²) >= 11 is 0. The number of nitro groups is 1. The van der Waals surface area contributed by atoms with Crippen molar-refractivity contribution < 1.29 is 19.2 Å². The number of para-hydroxylation sites is 1. The number of benzene rings is 2. The van der Waals surface area contributed by atoms with Gasteiger partial charge in [0.05, 0.1) is 28.4 Å². The Bertz CT molecular complexity index is 1080. The van der Waals surface area contributed by atoms with E-state index in [1.807, 2.05) is 37.8 Å². The maximum atomic E-state index is 13.6. The minimum atomic E-state index is -0.494. The van der Waals surface area contributed by atoms with E-state index in [9.17, 15) is 19.7 Å². The van der Waals surface area contributed by atoms with E-state index in [1.165, 1.54) is 29.2 Å². The molecule has 31 heavy (non-hydrogen) atoms. The molecule has 160 valence electrons. The van der Waals surface area contributed by atoms with Gasteiger partial charge >= 0.3 is 0 Å². The molecular formula is C23H23N3O5. The summed E-state index contributed by atoms with van der Waals surface area (Å²) in [7, 11) is 0. The van der Waals surface area contributed by atoms with Gasteiger partial charge in [0.15, 0.2) is 0 Å². The first-order chi connectivity index (χ1) is 14.8. The largest absolute Gasteiger partial charge is 0.372 e. The molecule has 1 saturated heterocycles. The molecule has 2 amide bonds. The van der Waals surface area contributed by atoms with Crippen LogP contribution in [0.3, 0.4) is 0 Å². The molecule has 0 spiro atoms. The van der Waals surface area contributed by atoms with Gasteiger partial charge in [0.1, 0.15) is 5.70 Å². The minimum absolute atomic E-state index is 0.0768. The molecule has 2 aromatic carbocycles. The van der Waals surface area contributed by atoms with Crippen molar-refractivity contribution in [2.75, 3.05) is 18.0 Å². The van der Waals surface area contributed by atoms with Crippen molar-refractivity contribution in [3.63, 3.8) is 0 Å². The van der Waals surface area contributed by atoms with E-state index >= 15 is 0 Å². The number of non-ortho nitro benzene ring substituents is 1. The van der Waals surface area contributed by atoms with Crippen LogP contribution in [0.2, 0.25) is 0 Å². The number of anilines is 1. The highest BCUT2D eigenvalue weighted by Gasteiger charge is 2.44. The first-order valence-corrected chi connectivity index (χ1v) is 10.1. The second-order valence-electron chi connectivity index (χ2n) is 7.92. The van der Waals surface area contributed by atoms with Crippen molar-refractivity contribution in [2.45, 2.75) is 33.0 Å². The van der Waals surface area contributed by atoms with Crippen LogP contribution in [0.25, 0.3) is 5.57 Å². The molecule has 2 aromatic rings. The normalized spacial score (nSPS) is 21.8. The van der Waals surface area contributed by atoms with Gasteiger partial charge in [-0.3, -0.25) is 19.7 Å². The van der Waals surface area contributed by atoms with E-state index < -0.39 is 16.7 Å². The Morgan fingerprint density at radius 2 is 1.58 bits per heavy atom. The topological polar surface area (TPSA) is 93.0 Å². The molecule has 8 nitrogen and oxygen atoms in total. The van der Waals surface area contributed by atoms with Gasteiger partial charge in [-0.15, -0.1) is 0 Å². The van der Waals surface area contributed by atoms with Gasteiger partial charge in [0.2, 0.25) is 0 Å². The van der Waals surface area contributed by atoms with Crippen LogP contribution in [-0.2, 0) is 14.3 Å². The Balaban J connectivity index is 1.85. The van der Waals surface area contributed by atoms with Crippen molar-refractivity contribution in [1.82, 2.24) is 4.90 Å². The van der Waals surface area contributed by atoms with Crippen molar-refractivity contribution in [2.24, 2.45) is 0 Å². The first-order valence-electron chi connectivity index (χ1n) is 10.1. The highest BCUT2D eigenvalue weighted by Crippen LogP contribution is 2.37. The number of nitrogens with zero attached hydrogens (tertiary/aromatic N) is 3. The molecule has 2 aliphatic rings. The second kappa shape index (κ2) is 7.96. The van der Waals surface area contributed by atoms with E-state index in [4.69, 9.17) is 4.74 Å². The average Bonchev–Trinajstić information content (AvgIpc) is 2.98. The molecule has 0 saturated carbocycles. The van der Waals surface area contributed by atoms with Gasteiger partial charge in [-0.1, -0.05) is 18.2 Å². The number of hydrogen-bond acceptors (Lipinski definition) is 6. The quantitative estimate of drug-likeness (QED) is 0.427. The number of aryl methyl sites for hydroxylation is 1. The number of amides is 2. The maximum absolute atomic E-state index is 13.6. The van der Waals surface area contributed by atoms with Gasteiger partial charge < -0.3 is 9.64 Å². The number of imide groups is 1. The number of carbonyl (C=O) groups is 2. The van der Waals surface area contributed by atoms with Crippen LogP contribution in [0.4, 0.5) is 11.4 Å². The summed E-state index contributed by atoms with van der Waals surface area (Å²) in [5.74, 6) is -0.830. The van der Waals surface area contributed by atoms with Crippen molar-refractivity contribution in [1.29, 1.82) is 0 Å². The summed E-state index contributed by atoms with van der Waals surface area (Å²) < 4.78 is 5.80. The molecule has 1 fully saturated rings. The molecule has 0 aliphatic carbocycles. The third-order valence-electron chi connectivity index (χ3n) is 5.52. The molecule has 2 atom stereocenters. The molecule has 0 bridgehead atoms. The predicted molar refractivity (Wildman–Crippen MR) is 115 cm³/mol. The molecule has 0 N–H and O–H groups in total. The second-order valence-corrected chi connectivity index (χ2v) is 7.92. The lowest BCUT2D eigenvalue weighted by atomic mass is 10.0. The summed E-state index contributed by atoms with van der Waals surface area (Å²) in [4.78, 5) is 40.8. The first kappa shape index (κ1) is 20.7. The molecular weight excluding hydrogens is 398 g/mol. The maximum Gasteiger partial charge on any atom is 0.282 e. The Hall–Kier alpha value is -3.52. The summed E-state index contributed by atoms with van der Waals surface area (Å²) in [6.07, 6.45) is -0.213. The lowest BCUT2D eigenvalue weighted by molar-refractivity contribution is -0.384. The number of ether oxygens (including phenoxy) is 1. The average molecular weight is 421 g/mol. The van der Waals surface area contributed by atoms with Gasteiger partial charge in [-0.2, -0.15) is 0 Å². The van der Waals surface area contributed by atoms with Gasteiger partial charge in [-0.25, -0.2) is 4.90 Å². The van der Waals surface area contributed by atoms with Crippen molar-refractivity contribution in [3.8, 4) is 0 Å². The van der Waals surface area contributed by atoms with Gasteiger partial charge in [0, 0.05) is 25.2 Å². The van der Waals surface area contributed by atoms with Crippen LogP contribution in [-0.4, -0.2) is 46.9 Å². The molecule has 0 aromatic heterocycles. The Morgan fingerprint density at radius 3 is 2.16 bits per heavy atom. The van der Waals surface area contributed by atoms with Crippen LogP contribution in [0.1, 0.15) is 25.0 Å². The molecule has 8 heteroatoms. The highest BCUT2D eigenvalue weighted by atomic mass is 16.6. The number of nitro benzene ring substituents is 1. The van der Waals surface area contributed by atoms with Crippen LogP contribution in [0, 0.1) is 17.0 Å². The molecule has 2 heterocycles. The monoisotopic (exact) mass is 421 g/mol. The zero-order chi connectivity index (χ0) is 22.3. The Labute approximate surface area is 179 Å². The summed E-state index contributed by atoms with van der Waals surface area (Å²) in [5.41, 5.74) is 2.29. The zero-order valence-corrected chi connectivity index (χ0v) is 17.6. The number of rotatable bonds is 4. The van der Waals surface area contributed by atoms with Gasteiger partial charge in [0.25, 0.3) is 17.5 Å². The minimum Gasteiger partial charge on any atom is -0.372 e. The third kappa shape index (κ3) is 3.70. The van der Waals surface area contributed by atoms with E-state index in [2.05, 4.69) is 0 Å². The van der Waals surface area contributed by atoms with Crippen molar-refractivity contribution >= 4 is 28.8 Å². The summed E-state index contributed by atoms with van der Waals surface area (Å²) in [6.45, 7) is 6.64. The fourth-order valence-electron chi connectivity index (χ4n) is 4.22. The fraction of sp³-hybridized carbons (Fsp3) is 0.304. The van der Waals surface area contributed by atoms with Gasteiger partial charge in [-0.05, 0) is 50.1 Å². The van der Waals surface area contributed by atoms with Crippen molar-refractivity contribution in [3.05, 3.63) is 75.5 Å². The lowest BCUT2D eigenvalue weighted by Crippen LogP contribution is -2.47. The van der Waals surface area contributed by atoms with Crippen LogP contribution in [0.5, 0.6) is 0 Å². The lowest BCUT2D eigenvalue weighted by Gasteiger charge is -2.37. The van der Waals surface area contributed by atoms with E-state index in [0.29, 0.717) is 30.0 Å². The Morgan fingerprint density at radius 1 is 0.968 bits per heavy atom. The zero-order valence-electron chi connectivity index (χ0n) is 17.6.